The minimum Gasteiger partial charge on any atom is -0.301 e. The Morgan fingerprint density at radius 1 is 1.07 bits per heavy atom. The molecule has 2 aromatic carbocycles. The molecule has 0 fully saturated rings. The maximum atomic E-state index is 12.2. The molecule has 27 heavy (non-hydrogen) atoms. The number of H-pyrrole nitrogens is 1. The molecule has 4 rings (SSSR count). The number of benzene rings is 2. The van der Waals surface area contributed by atoms with Crippen molar-refractivity contribution >= 4 is 44.4 Å². The summed E-state index contributed by atoms with van der Waals surface area (Å²) < 4.78 is 1.02. The van der Waals surface area contributed by atoms with E-state index in [-0.39, 0.29) is 17.2 Å². The van der Waals surface area contributed by atoms with Crippen LogP contribution in [0, 0.1) is 0 Å². The fourth-order valence-corrected chi connectivity index (χ4v) is 4.03. The van der Waals surface area contributed by atoms with Gasteiger partial charge < -0.3 is 10.3 Å². The molecule has 1 amide bonds. The first kappa shape index (κ1) is 17.4. The van der Waals surface area contributed by atoms with E-state index in [1.165, 1.54) is 29.2 Å². The molecular formula is C19H14N4O2S2. The Kier molecular flexibility index (Phi) is 4.99. The second kappa shape index (κ2) is 7.73. The molecule has 0 spiro atoms. The van der Waals surface area contributed by atoms with Crippen LogP contribution in [0.4, 0.5) is 5.13 Å². The molecule has 4 aromatic rings. The molecule has 0 bridgehead atoms. The van der Waals surface area contributed by atoms with Crippen molar-refractivity contribution in [1.29, 1.82) is 0 Å². The van der Waals surface area contributed by atoms with Gasteiger partial charge in [-0.25, -0.2) is 9.97 Å². The Bertz CT molecular complexity index is 1120. The fraction of sp³-hybridized carbons (Fsp3) is 0.0526. The lowest BCUT2D eigenvalue weighted by molar-refractivity contribution is -0.113. The Hall–Kier alpha value is -2.97. The summed E-state index contributed by atoms with van der Waals surface area (Å²) in [6.45, 7) is 0. The summed E-state index contributed by atoms with van der Waals surface area (Å²) >= 11 is 2.60. The van der Waals surface area contributed by atoms with Crippen molar-refractivity contribution in [2.45, 2.75) is 5.16 Å². The van der Waals surface area contributed by atoms with E-state index in [2.05, 4.69) is 20.3 Å². The molecular weight excluding hydrogens is 380 g/mol. The summed E-state index contributed by atoms with van der Waals surface area (Å²) in [4.78, 5) is 35.6. The minimum absolute atomic E-state index is 0.122. The van der Waals surface area contributed by atoms with Crippen molar-refractivity contribution in [3.05, 3.63) is 71.0 Å². The fourth-order valence-electron chi connectivity index (χ4n) is 2.48. The molecule has 2 aromatic heterocycles. The first-order valence-electron chi connectivity index (χ1n) is 8.12. The van der Waals surface area contributed by atoms with Gasteiger partial charge in [0.05, 0.1) is 21.7 Å². The molecule has 0 saturated heterocycles. The summed E-state index contributed by atoms with van der Waals surface area (Å²) in [6.07, 6.45) is 0. The van der Waals surface area contributed by atoms with Crippen molar-refractivity contribution in [1.82, 2.24) is 15.0 Å². The number of carbonyl (C=O) groups is 1. The molecule has 0 aliphatic heterocycles. The number of nitrogens with zero attached hydrogens (tertiary/aromatic N) is 2. The number of hydrogen-bond acceptors (Lipinski definition) is 6. The number of aromatic nitrogens is 3. The Labute approximate surface area is 162 Å². The topological polar surface area (TPSA) is 87.7 Å². The number of nitrogens with one attached hydrogen (secondary N) is 2. The van der Waals surface area contributed by atoms with Crippen LogP contribution in [-0.2, 0) is 4.79 Å². The van der Waals surface area contributed by atoms with Crippen molar-refractivity contribution in [2.75, 3.05) is 11.1 Å². The zero-order chi connectivity index (χ0) is 18.6. The number of para-hydroxylation sites is 1. The third kappa shape index (κ3) is 4.24. The summed E-state index contributed by atoms with van der Waals surface area (Å²) in [5.41, 5.74) is 2.03. The van der Waals surface area contributed by atoms with Crippen molar-refractivity contribution in [3.8, 4) is 11.3 Å². The molecule has 2 heterocycles. The van der Waals surface area contributed by atoms with Crippen LogP contribution in [0.5, 0.6) is 0 Å². The molecule has 0 atom stereocenters. The maximum Gasteiger partial charge on any atom is 0.252 e. The third-order valence-electron chi connectivity index (χ3n) is 3.67. The van der Waals surface area contributed by atoms with E-state index in [9.17, 15) is 9.59 Å². The van der Waals surface area contributed by atoms with Gasteiger partial charge in [0, 0.05) is 11.6 Å². The van der Waals surface area contributed by atoms with Crippen LogP contribution in [0.3, 0.4) is 0 Å². The average molecular weight is 394 g/mol. The highest BCUT2D eigenvalue weighted by molar-refractivity contribution is 7.99. The van der Waals surface area contributed by atoms with Crippen molar-refractivity contribution in [3.63, 3.8) is 0 Å². The maximum absolute atomic E-state index is 12.2. The zero-order valence-corrected chi connectivity index (χ0v) is 15.6. The van der Waals surface area contributed by atoms with Gasteiger partial charge >= 0.3 is 0 Å². The average Bonchev–Trinajstić information content (AvgIpc) is 3.09. The van der Waals surface area contributed by atoms with E-state index < -0.39 is 0 Å². The minimum atomic E-state index is -0.252. The van der Waals surface area contributed by atoms with E-state index in [1.807, 2.05) is 54.6 Å². The second-order valence-electron chi connectivity index (χ2n) is 5.63. The molecule has 0 unspecified atom stereocenters. The molecule has 134 valence electrons. The van der Waals surface area contributed by atoms with E-state index >= 15 is 0 Å². The Morgan fingerprint density at radius 3 is 2.67 bits per heavy atom. The Balaban J connectivity index is 1.44. The van der Waals surface area contributed by atoms with E-state index in [4.69, 9.17) is 0 Å². The normalized spacial score (nSPS) is 10.8. The number of amides is 1. The highest BCUT2D eigenvalue weighted by atomic mass is 32.2. The zero-order valence-electron chi connectivity index (χ0n) is 14.0. The van der Waals surface area contributed by atoms with E-state index in [1.54, 1.807) is 0 Å². The smallest absolute Gasteiger partial charge is 0.252 e. The number of anilines is 1. The van der Waals surface area contributed by atoms with Crippen LogP contribution >= 0.6 is 23.1 Å². The summed E-state index contributed by atoms with van der Waals surface area (Å²) in [6, 6.07) is 18.6. The van der Waals surface area contributed by atoms with Crippen LogP contribution in [0.15, 0.2) is 70.6 Å². The van der Waals surface area contributed by atoms with Crippen LogP contribution in [-0.4, -0.2) is 26.6 Å². The summed E-state index contributed by atoms with van der Waals surface area (Å²) in [5.74, 6) is -0.0799. The number of thiazole rings is 1. The molecule has 0 saturated carbocycles. The number of thioether (sulfide) groups is 1. The summed E-state index contributed by atoms with van der Waals surface area (Å²) in [7, 11) is 0. The molecule has 6 nitrogen and oxygen atoms in total. The predicted octanol–water partition coefficient (Wildman–Crippen LogP) is 3.78. The monoisotopic (exact) mass is 394 g/mol. The van der Waals surface area contributed by atoms with Gasteiger partial charge in [0.15, 0.2) is 10.3 Å². The van der Waals surface area contributed by atoms with Gasteiger partial charge in [0.1, 0.15) is 0 Å². The van der Waals surface area contributed by atoms with Gasteiger partial charge in [-0.1, -0.05) is 65.6 Å². The van der Waals surface area contributed by atoms with Crippen molar-refractivity contribution < 1.29 is 4.79 Å². The lowest BCUT2D eigenvalue weighted by atomic mass is 10.1. The summed E-state index contributed by atoms with van der Waals surface area (Å²) in [5, 5.41) is 3.75. The highest BCUT2D eigenvalue weighted by Crippen LogP contribution is 2.25. The number of hydrogen-bond donors (Lipinski definition) is 2. The first-order chi connectivity index (χ1) is 13.2. The van der Waals surface area contributed by atoms with Crippen LogP contribution in [0.25, 0.3) is 21.5 Å². The highest BCUT2D eigenvalue weighted by Gasteiger charge is 2.10. The largest absolute Gasteiger partial charge is 0.301 e. The quantitative estimate of drug-likeness (QED) is 0.397. The van der Waals surface area contributed by atoms with Crippen LogP contribution in [0.2, 0.25) is 0 Å². The predicted molar refractivity (Wildman–Crippen MR) is 109 cm³/mol. The van der Waals surface area contributed by atoms with E-state index in [0.29, 0.717) is 16.0 Å². The second-order valence-corrected chi connectivity index (χ2v) is 7.62. The van der Waals surface area contributed by atoms with Crippen molar-refractivity contribution in [2.24, 2.45) is 0 Å². The standard InChI is InChI=1S/C19H14N4O2S2/c24-16-10-14(12-6-2-1-3-7-12)21-18(22-16)26-11-17(25)23-19-20-13-8-4-5-9-15(13)27-19/h1-10H,11H2,(H,20,23,25)(H,21,22,24). The lowest BCUT2D eigenvalue weighted by Crippen LogP contribution is -2.15. The van der Waals surface area contributed by atoms with Gasteiger partial charge in [-0.2, -0.15) is 0 Å². The Morgan fingerprint density at radius 2 is 1.85 bits per heavy atom. The van der Waals surface area contributed by atoms with Crippen LogP contribution < -0.4 is 10.9 Å². The SMILES string of the molecule is O=C(CSc1nc(-c2ccccc2)cc(=O)[nH]1)Nc1nc2ccccc2s1. The molecule has 2 N–H and O–H groups in total. The number of carbonyl (C=O) groups excluding carboxylic acids is 1. The lowest BCUT2D eigenvalue weighted by Gasteiger charge is -2.04. The first-order valence-corrected chi connectivity index (χ1v) is 9.92. The molecule has 8 heteroatoms. The van der Waals surface area contributed by atoms with E-state index in [0.717, 1.165) is 15.8 Å². The van der Waals surface area contributed by atoms with Gasteiger partial charge in [0.25, 0.3) is 5.56 Å². The van der Waals surface area contributed by atoms with Gasteiger partial charge in [-0.05, 0) is 12.1 Å². The molecule has 0 aliphatic rings. The van der Waals surface area contributed by atoms with Gasteiger partial charge in [-0.15, -0.1) is 0 Å². The number of rotatable bonds is 5. The molecule has 0 aliphatic carbocycles. The number of aromatic amines is 1. The number of fused-ring (bicyclic) bond motifs is 1. The van der Waals surface area contributed by atoms with Gasteiger partial charge in [0.2, 0.25) is 5.91 Å². The molecule has 0 radical (unpaired) electrons. The third-order valence-corrected chi connectivity index (χ3v) is 5.49. The van der Waals surface area contributed by atoms with Crippen LogP contribution in [0.1, 0.15) is 0 Å². The van der Waals surface area contributed by atoms with Gasteiger partial charge in [-0.3, -0.25) is 9.59 Å².